The van der Waals surface area contributed by atoms with Crippen LogP contribution in [0.2, 0.25) is 0 Å². The van der Waals surface area contributed by atoms with E-state index in [1.165, 1.54) is 6.26 Å². The third-order valence-corrected chi connectivity index (χ3v) is 2.56. The normalized spacial score (nSPS) is 10.2. The highest BCUT2D eigenvalue weighted by Crippen LogP contribution is 2.14. The average molecular weight is 260 g/mol. The van der Waals surface area contributed by atoms with Crippen LogP contribution in [0.15, 0.2) is 41.1 Å². The smallest absolute Gasteiger partial charge is 0.256 e. The molecular formula is C14H16N2O3. The van der Waals surface area contributed by atoms with Crippen LogP contribution in [0.5, 0.6) is 5.75 Å². The van der Waals surface area contributed by atoms with Crippen LogP contribution in [0.1, 0.15) is 30.1 Å². The molecule has 1 aromatic carbocycles. The number of benzene rings is 1. The molecule has 0 spiro atoms. The number of unbranched alkanes of at least 4 members (excludes halogenated alkanes) is 1. The lowest BCUT2D eigenvalue weighted by Crippen LogP contribution is -2.11. The fourth-order valence-electron chi connectivity index (χ4n) is 1.50. The van der Waals surface area contributed by atoms with Crippen molar-refractivity contribution in [1.82, 2.24) is 5.16 Å². The maximum atomic E-state index is 11.9. The highest BCUT2D eigenvalue weighted by Gasteiger charge is 2.07. The van der Waals surface area contributed by atoms with Crippen molar-refractivity contribution >= 4 is 11.7 Å². The number of nitrogens with one attached hydrogen (secondary N) is 1. The Bertz CT molecular complexity index is 506. The van der Waals surface area contributed by atoms with E-state index < -0.39 is 0 Å². The fourth-order valence-corrected chi connectivity index (χ4v) is 1.50. The van der Waals surface area contributed by atoms with E-state index in [1.54, 1.807) is 30.3 Å². The molecule has 0 bridgehead atoms. The van der Waals surface area contributed by atoms with Gasteiger partial charge in [-0.05, 0) is 30.7 Å². The molecule has 1 heterocycles. The quantitative estimate of drug-likeness (QED) is 0.810. The molecule has 2 aromatic rings. The zero-order valence-corrected chi connectivity index (χ0v) is 10.8. The van der Waals surface area contributed by atoms with Crippen molar-refractivity contribution in [3.8, 4) is 5.75 Å². The lowest BCUT2D eigenvalue weighted by atomic mass is 10.2. The van der Waals surface area contributed by atoms with Gasteiger partial charge in [-0.1, -0.05) is 18.5 Å². The summed E-state index contributed by atoms with van der Waals surface area (Å²) in [4.78, 5) is 11.9. The van der Waals surface area contributed by atoms with Gasteiger partial charge in [0.2, 0.25) is 0 Å². The molecule has 5 heteroatoms. The van der Waals surface area contributed by atoms with Gasteiger partial charge in [0.15, 0.2) is 5.82 Å². The van der Waals surface area contributed by atoms with Gasteiger partial charge in [0.05, 0.1) is 6.61 Å². The fraction of sp³-hybridized carbons (Fsp3) is 0.286. The predicted molar refractivity (Wildman–Crippen MR) is 71.3 cm³/mol. The van der Waals surface area contributed by atoms with Crippen molar-refractivity contribution in [1.29, 1.82) is 0 Å². The summed E-state index contributed by atoms with van der Waals surface area (Å²) in [6, 6.07) is 8.59. The number of carbonyl (C=O) groups is 1. The van der Waals surface area contributed by atoms with Gasteiger partial charge in [-0.15, -0.1) is 0 Å². The van der Waals surface area contributed by atoms with Gasteiger partial charge in [-0.3, -0.25) is 4.79 Å². The Kier molecular flexibility index (Phi) is 4.55. The van der Waals surface area contributed by atoms with Crippen LogP contribution in [0.3, 0.4) is 0 Å². The summed E-state index contributed by atoms with van der Waals surface area (Å²) in [6.45, 7) is 2.81. The molecule has 100 valence electrons. The molecule has 0 aliphatic heterocycles. The zero-order valence-electron chi connectivity index (χ0n) is 10.8. The molecule has 0 aliphatic rings. The molecule has 2 rings (SSSR count). The first-order chi connectivity index (χ1) is 9.29. The SMILES string of the molecule is CCCCOc1ccc(C(=O)Nc2ccon2)cc1. The molecular weight excluding hydrogens is 244 g/mol. The summed E-state index contributed by atoms with van der Waals surface area (Å²) in [5.74, 6) is 0.939. The summed E-state index contributed by atoms with van der Waals surface area (Å²) < 4.78 is 10.2. The lowest BCUT2D eigenvalue weighted by Gasteiger charge is -2.06. The highest BCUT2D eigenvalue weighted by molar-refractivity contribution is 6.03. The van der Waals surface area contributed by atoms with Crippen LogP contribution in [0.4, 0.5) is 5.82 Å². The Morgan fingerprint density at radius 3 is 2.74 bits per heavy atom. The number of ether oxygens (including phenoxy) is 1. The van der Waals surface area contributed by atoms with Crippen molar-refractivity contribution in [2.45, 2.75) is 19.8 Å². The minimum Gasteiger partial charge on any atom is -0.494 e. The molecule has 0 fully saturated rings. The minimum absolute atomic E-state index is 0.228. The largest absolute Gasteiger partial charge is 0.494 e. The number of amides is 1. The molecule has 0 saturated heterocycles. The Morgan fingerprint density at radius 2 is 2.11 bits per heavy atom. The predicted octanol–water partition coefficient (Wildman–Crippen LogP) is 3.11. The van der Waals surface area contributed by atoms with Gasteiger partial charge in [-0.2, -0.15) is 0 Å². The van der Waals surface area contributed by atoms with Crippen LogP contribution >= 0.6 is 0 Å². The Balaban J connectivity index is 1.92. The Morgan fingerprint density at radius 1 is 1.32 bits per heavy atom. The first-order valence-electron chi connectivity index (χ1n) is 6.24. The molecule has 19 heavy (non-hydrogen) atoms. The van der Waals surface area contributed by atoms with Crippen LogP contribution in [0.25, 0.3) is 0 Å². The van der Waals surface area contributed by atoms with E-state index in [0.29, 0.717) is 18.0 Å². The summed E-state index contributed by atoms with van der Waals surface area (Å²) in [7, 11) is 0. The molecule has 1 aromatic heterocycles. The minimum atomic E-state index is -0.228. The highest BCUT2D eigenvalue weighted by atomic mass is 16.5. The number of aromatic nitrogens is 1. The van der Waals surface area contributed by atoms with Crippen molar-refractivity contribution < 1.29 is 14.1 Å². The second-order valence-electron chi connectivity index (χ2n) is 4.07. The molecule has 0 radical (unpaired) electrons. The van der Waals surface area contributed by atoms with E-state index in [4.69, 9.17) is 4.74 Å². The molecule has 0 atom stereocenters. The number of anilines is 1. The summed E-state index contributed by atoms with van der Waals surface area (Å²) >= 11 is 0. The third kappa shape index (κ3) is 3.84. The molecule has 5 nitrogen and oxygen atoms in total. The zero-order chi connectivity index (χ0) is 13.5. The standard InChI is InChI=1S/C14H16N2O3/c1-2-3-9-18-12-6-4-11(5-7-12)14(17)15-13-8-10-19-16-13/h4-8,10H,2-3,9H2,1H3,(H,15,16,17). The van der Waals surface area contributed by atoms with E-state index in [-0.39, 0.29) is 5.91 Å². The number of hydrogen-bond acceptors (Lipinski definition) is 4. The number of nitrogens with zero attached hydrogens (tertiary/aromatic N) is 1. The van der Waals surface area contributed by atoms with Crippen molar-refractivity contribution in [3.63, 3.8) is 0 Å². The lowest BCUT2D eigenvalue weighted by molar-refractivity contribution is 0.102. The maximum Gasteiger partial charge on any atom is 0.256 e. The number of rotatable bonds is 6. The van der Waals surface area contributed by atoms with Crippen LogP contribution in [-0.4, -0.2) is 17.7 Å². The second kappa shape index (κ2) is 6.58. The van der Waals surface area contributed by atoms with Crippen LogP contribution in [0, 0.1) is 0 Å². The average Bonchev–Trinajstić information content (AvgIpc) is 2.93. The first kappa shape index (κ1) is 13.1. The first-order valence-corrected chi connectivity index (χ1v) is 6.24. The maximum absolute atomic E-state index is 11.9. The summed E-state index contributed by atoms with van der Waals surface area (Å²) in [5.41, 5.74) is 0.547. The van der Waals surface area contributed by atoms with Crippen molar-refractivity contribution in [2.24, 2.45) is 0 Å². The van der Waals surface area contributed by atoms with Crippen molar-refractivity contribution in [2.75, 3.05) is 11.9 Å². The van der Waals surface area contributed by atoms with Gasteiger partial charge in [0.25, 0.3) is 5.91 Å². The molecule has 0 unspecified atom stereocenters. The van der Waals surface area contributed by atoms with Gasteiger partial charge in [0, 0.05) is 11.6 Å². The van der Waals surface area contributed by atoms with Gasteiger partial charge < -0.3 is 14.6 Å². The van der Waals surface area contributed by atoms with Crippen molar-refractivity contribution in [3.05, 3.63) is 42.2 Å². The molecule has 0 saturated carbocycles. The molecule has 0 aliphatic carbocycles. The Labute approximate surface area is 111 Å². The Hall–Kier alpha value is -2.30. The van der Waals surface area contributed by atoms with Crippen LogP contribution in [-0.2, 0) is 0 Å². The van der Waals surface area contributed by atoms with Gasteiger partial charge in [-0.25, -0.2) is 0 Å². The van der Waals surface area contributed by atoms with Gasteiger partial charge in [0.1, 0.15) is 12.0 Å². The molecule has 1 N–H and O–H groups in total. The van der Waals surface area contributed by atoms with Crippen LogP contribution < -0.4 is 10.1 Å². The topological polar surface area (TPSA) is 64.4 Å². The van der Waals surface area contributed by atoms with Gasteiger partial charge >= 0.3 is 0 Å². The number of carbonyl (C=O) groups excluding carboxylic acids is 1. The molecule has 1 amide bonds. The third-order valence-electron chi connectivity index (χ3n) is 2.56. The summed E-state index contributed by atoms with van der Waals surface area (Å²) in [6.07, 6.45) is 3.52. The van der Waals surface area contributed by atoms with E-state index >= 15 is 0 Å². The second-order valence-corrected chi connectivity index (χ2v) is 4.07. The van der Waals surface area contributed by atoms with E-state index in [9.17, 15) is 4.79 Å². The van der Waals surface area contributed by atoms with E-state index in [0.717, 1.165) is 18.6 Å². The number of hydrogen-bond donors (Lipinski definition) is 1. The van der Waals surface area contributed by atoms with E-state index in [1.807, 2.05) is 0 Å². The van der Waals surface area contributed by atoms with E-state index in [2.05, 4.69) is 21.9 Å². The summed E-state index contributed by atoms with van der Waals surface area (Å²) in [5, 5.41) is 6.24. The monoisotopic (exact) mass is 260 g/mol.